The highest BCUT2D eigenvalue weighted by Crippen LogP contribution is 2.46. The number of allylic oxidation sites excluding steroid dienone is 4. The summed E-state index contributed by atoms with van der Waals surface area (Å²) < 4.78 is 96.0. The van der Waals surface area contributed by atoms with Crippen LogP contribution in [-0.4, -0.2) is 315 Å². The van der Waals surface area contributed by atoms with Crippen molar-refractivity contribution in [3.8, 4) is 57.5 Å². The van der Waals surface area contributed by atoms with Crippen molar-refractivity contribution < 1.29 is 95.0 Å². The van der Waals surface area contributed by atoms with Crippen LogP contribution in [0.2, 0.25) is 0 Å². The molecule has 0 N–H and O–H groups in total. The van der Waals surface area contributed by atoms with Gasteiger partial charge in [-0.05, 0) is 111 Å². The van der Waals surface area contributed by atoms with E-state index >= 15 is 0 Å². The summed E-state index contributed by atoms with van der Waals surface area (Å²) in [6, 6.07) is 20.2. The number of amides is 4. The topological polar surface area (TPSA) is 311 Å². The lowest BCUT2D eigenvalue weighted by molar-refractivity contribution is 0.0184. The molecule has 4 atom stereocenters. The summed E-state index contributed by atoms with van der Waals surface area (Å²) >= 11 is 4.87. The van der Waals surface area contributed by atoms with Gasteiger partial charge in [0, 0.05) is 163 Å². The number of fused-ring (bicyclic) bond motifs is 8. The van der Waals surface area contributed by atoms with E-state index in [1.165, 1.54) is 25.4 Å². The van der Waals surface area contributed by atoms with Gasteiger partial charge in [0.2, 0.25) is 0 Å². The van der Waals surface area contributed by atoms with Gasteiger partial charge in [-0.3, -0.25) is 58.9 Å². The Morgan fingerprint density at radius 3 is 0.978 bits per heavy atom. The number of benzene rings is 4. The summed E-state index contributed by atoms with van der Waals surface area (Å²) in [6.07, 6.45) is 22.1. The van der Waals surface area contributed by atoms with Crippen molar-refractivity contribution in [3.63, 3.8) is 0 Å². The third-order valence-corrected chi connectivity index (χ3v) is 27.1. The average molecular weight is 1930 g/mol. The Morgan fingerprint density at radius 2 is 0.676 bits per heavy atom. The van der Waals surface area contributed by atoms with E-state index < -0.39 is 0 Å². The predicted octanol–water partition coefficient (Wildman–Crippen LogP) is 15.0. The van der Waals surface area contributed by atoms with Crippen molar-refractivity contribution in [2.75, 3.05) is 194 Å². The second kappa shape index (κ2) is 48.6. The van der Waals surface area contributed by atoms with Crippen molar-refractivity contribution >= 4 is 105 Å². The fourth-order valence-corrected chi connectivity index (χ4v) is 20.0. The molecule has 136 heavy (non-hydrogen) atoms. The maximum atomic E-state index is 14.7. The summed E-state index contributed by atoms with van der Waals surface area (Å²) in [5.74, 6) is 3.41. The first-order valence-electron chi connectivity index (χ1n) is 46.3. The van der Waals surface area contributed by atoms with Gasteiger partial charge >= 0.3 is 0 Å². The van der Waals surface area contributed by atoms with Gasteiger partial charge in [-0.25, -0.2) is 0 Å². The molecular weight excluding hydrogens is 1800 g/mol. The van der Waals surface area contributed by atoms with E-state index in [1.54, 1.807) is 87.8 Å². The molecule has 4 aromatic carbocycles. The Morgan fingerprint density at radius 1 is 0.382 bits per heavy atom. The number of thiol groups is 1. The number of hydrogen-bond donors (Lipinski definition) is 1. The first-order chi connectivity index (χ1) is 65.9. The summed E-state index contributed by atoms with van der Waals surface area (Å²) in [7, 11) is 13.0. The first kappa shape index (κ1) is 101. The van der Waals surface area contributed by atoms with Crippen LogP contribution in [0.5, 0.6) is 57.5 Å². The van der Waals surface area contributed by atoms with Crippen LogP contribution in [0.25, 0.3) is 0 Å². The van der Waals surface area contributed by atoms with E-state index in [4.69, 9.17) is 118 Å². The zero-order chi connectivity index (χ0) is 95.8. The molecule has 6 aromatic rings. The van der Waals surface area contributed by atoms with Gasteiger partial charge in [-0.1, -0.05) is 68.2 Å². The molecule has 8 aliphatic heterocycles. The molecule has 4 saturated heterocycles. The summed E-state index contributed by atoms with van der Waals surface area (Å²) in [4.78, 5) is 98.8. The van der Waals surface area contributed by atoms with Gasteiger partial charge in [-0.2, -0.15) is 12.6 Å². The number of aliphatic imine (C=N–C) groups is 4. The molecule has 0 radical (unpaired) electrons. The normalized spacial score (nSPS) is 18.9. The first-order valence-corrected chi connectivity index (χ1v) is 49.3. The molecule has 4 fully saturated rings. The van der Waals surface area contributed by atoms with Gasteiger partial charge in [0.15, 0.2) is 46.0 Å². The fourth-order valence-electron chi connectivity index (χ4n) is 17.6. The fraction of sp³-hybridized carbons (Fsp3) is 0.505. The number of pyridine rings is 2. The zero-order valence-corrected chi connectivity index (χ0v) is 82.8. The van der Waals surface area contributed by atoms with Gasteiger partial charge in [0.1, 0.15) is 51.1 Å². The molecule has 2 aromatic heterocycles. The molecule has 8 aliphatic rings. The standard InChI is InChI=1S/C101H128N12O20S3/c1-14-66-36-74-52-102-84-48-92(88(120-9)44-80(84)96(114)110(74)56-66)130-60-70-40-78(128-26-22-108(64-100(3,4)134)20-24-124-32-34-126-30-28-118-7)41-71(106-70)61-132-94-50-86-82(46-90(94)122-11)98(116)112-58-68(38-76(112)54-104-86)18-16-17-19-69-39-77-55-105-87-51-95(91(123-12)47-83(87)99(117)113(77)59-69)133-63-73-43-79(129-27-23-109(65-101(5,6)136-135-13)21-25-125-33-35-127-31-29-119-8)42-72(107-73)62-131-93-49-85-81(45-89(93)121-10)97(115)111-57-67(15-2)37-75(111)53-103-85/h14-15,18-19,40-55,74-77,134H,16-17,20-39,56-65H2,1-13H3. The molecule has 14 rings (SSSR count). The molecule has 0 bridgehead atoms. The number of aromatic nitrogens is 2. The average Bonchev–Trinajstić information content (AvgIpc) is 1.65. The molecule has 35 heteroatoms. The van der Waals surface area contributed by atoms with Crippen molar-refractivity contribution in [1.82, 2.24) is 39.4 Å². The van der Waals surface area contributed by atoms with E-state index in [2.05, 4.69) is 68.1 Å². The minimum Gasteiger partial charge on any atom is -0.493 e. The minimum absolute atomic E-state index is 0.00447. The van der Waals surface area contributed by atoms with E-state index in [-0.39, 0.29) is 83.7 Å². The third kappa shape index (κ3) is 26.9. The summed E-state index contributed by atoms with van der Waals surface area (Å²) in [5, 5.41) is 0. The van der Waals surface area contributed by atoms with Crippen molar-refractivity contribution in [2.24, 2.45) is 20.0 Å². The maximum Gasteiger partial charge on any atom is 0.257 e. The van der Waals surface area contributed by atoms with Gasteiger partial charge in [0.25, 0.3) is 23.6 Å². The number of unbranched alkanes of at least 4 members (excludes halogenated alkanes) is 1. The van der Waals surface area contributed by atoms with Gasteiger partial charge in [-0.15, -0.1) is 0 Å². The van der Waals surface area contributed by atoms with E-state index in [0.717, 1.165) is 43.4 Å². The molecular formula is C101H128N12O20S3. The largest absolute Gasteiger partial charge is 0.493 e. The predicted molar refractivity (Wildman–Crippen MR) is 530 cm³/mol. The highest BCUT2D eigenvalue weighted by atomic mass is 33.1. The van der Waals surface area contributed by atoms with Gasteiger partial charge < -0.3 is 95.4 Å². The lowest BCUT2D eigenvalue weighted by Crippen LogP contribution is -2.40. The Kier molecular flexibility index (Phi) is 36.2. The summed E-state index contributed by atoms with van der Waals surface area (Å²) in [5.41, 5.74) is 10.2. The molecule has 4 amide bonds. The second-order valence-corrected chi connectivity index (χ2v) is 39.8. The Hall–Kier alpha value is -10.6. The van der Waals surface area contributed by atoms with Crippen LogP contribution >= 0.6 is 34.2 Å². The van der Waals surface area contributed by atoms with Crippen LogP contribution < -0.4 is 47.4 Å². The van der Waals surface area contributed by atoms with Crippen molar-refractivity contribution in [1.29, 1.82) is 0 Å². The monoisotopic (exact) mass is 1920 g/mol. The molecule has 730 valence electrons. The van der Waals surface area contributed by atoms with Crippen LogP contribution in [0.3, 0.4) is 0 Å². The number of nitrogens with zero attached hydrogens (tertiary/aromatic N) is 12. The Bertz CT molecular complexity index is 5460. The van der Waals surface area contributed by atoms with E-state index in [1.807, 2.05) is 93.4 Å². The van der Waals surface area contributed by atoms with E-state index in [9.17, 15) is 19.2 Å². The van der Waals surface area contributed by atoms with Crippen LogP contribution in [0, 0.1) is 0 Å². The third-order valence-electron chi connectivity index (χ3n) is 24.4. The second-order valence-electron chi connectivity index (χ2n) is 35.4. The molecule has 4 unspecified atom stereocenters. The highest BCUT2D eigenvalue weighted by Gasteiger charge is 2.40. The van der Waals surface area contributed by atoms with Crippen LogP contribution in [0.4, 0.5) is 22.7 Å². The minimum atomic E-state index is -0.299. The van der Waals surface area contributed by atoms with Crippen LogP contribution in [0.1, 0.15) is 144 Å². The molecule has 32 nitrogen and oxygen atoms in total. The number of ether oxygens (including phenoxy) is 16. The lowest BCUT2D eigenvalue weighted by atomic mass is 10.1. The number of methoxy groups -OCH3 is 6. The summed E-state index contributed by atoms with van der Waals surface area (Å²) in [6.45, 7) is 24.1. The van der Waals surface area contributed by atoms with Gasteiger partial charge in [0.05, 0.1) is 186 Å². The molecule has 0 aliphatic carbocycles. The molecule has 10 heterocycles. The quantitative estimate of drug-likeness (QED) is 0.0160. The SMILES string of the molecule is CC=C1CC2C=Nc3cc(OCc4cc(OCCN(CCOCCOCCOC)CC(C)(C)S)cc(COc5cc6c(cc5OC)C(=O)N5CC(=CCCC=C7CC8C=Nc9cc(OCc%10cc(OCCN(CCOCCOCCOC)CC(C)(C)SSC)cc(COc%11cc%12c(cc%11OC)C(=O)N%11CC(=CC)CC%11C=N%12)n%10)c(OC)cc9C(=O)N8C7)CC5C=N6)n4)c(OC)cc3C(=O)N2C1. The molecule has 0 spiro atoms. The van der Waals surface area contributed by atoms with Crippen molar-refractivity contribution in [3.05, 3.63) is 164 Å². The maximum absolute atomic E-state index is 14.7. The van der Waals surface area contributed by atoms with Crippen molar-refractivity contribution in [2.45, 2.75) is 140 Å². The number of carbonyl (C=O) groups excluding carboxylic acids is 4. The van der Waals surface area contributed by atoms with Crippen LogP contribution in [0.15, 0.2) is 139 Å². The van der Waals surface area contributed by atoms with E-state index in [0.29, 0.717) is 276 Å². The Balaban J connectivity index is 0.608. The zero-order valence-electron chi connectivity index (χ0n) is 80.3. The smallest absolute Gasteiger partial charge is 0.257 e. The number of rotatable bonds is 51. The number of carbonyl (C=O) groups is 4. The lowest BCUT2D eigenvalue weighted by Gasteiger charge is -2.31. The molecule has 0 saturated carbocycles. The Labute approximate surface area is 810 Å². The highest BCUT2D eigenvalue weighted by molar-refractivity contribution is 8.77. The number of hydrogen-bond acceptors (Lipinski definition) is 31. The van der Waals surface area contributed by atoms with Crippen LogP contribution in [-0.2, 0) is 54.8 Å².